The van der Waals surface area contributed by atoms with Gasteiger partial charge in [0.1, 0.15) is 11.6 Å². The number of carbonyl (C=O) groups is 2. The number of piperazine rings is 1. The molecule has 2 aromatic rings. The van der Waals surface area contributed by atoms with Crippen LogP contribution < -0.4 is 14.4 Å². The molecule has 1 amide bonds. The Kier molecular flexibility index (Phi) is 8.30. The van der Waals surface area contributed by atoms with Gasteiger partial charge in [-0.2, -0.15) is 5.26 Å². The van der Waals surface area contributed by atoms with Gasteiger partial charge in [0.15, 0.2) is 18.1 Å². The van der Waals surface area contributed by atoms with E-state index < -0.39 is 5.97 Å². The highest BCUT2D eigenvalue weighted by atomic mass is 16.6. The number of methoxy groups -OCH3 is 1. The van der Waals surface area contributed by atoms with Gasteiger partial charge in [0.25, 0.3) is 5.91 Å². The van der Waals surface area contributed by atoms with Crippen molar-refractivity contribution in [1.82, 2.24) is 4.90 Å². The van der Waals surface area contributed by atoms with E-state index in [9.17, 15) is 14.9 Å². The van der Waals surface area contributed by atoms with Gasteiger partial charge in [-0.1, -0.05) is 24.3 Å². The summed E-state index contributed by atoms with van der Waals surface area (Å²) >= 11 is 0. The van der Waals surface area contributed by atoms with E-state index in [1.807, 2.05) is 43.3 Å². The van der Waals surface area contributed by atoms with E-state index in [-0.39, 0.29) is 18.1 Å². The zero-order valence-electron chi connectivity index (χ0n) is 18.8. The van der Waals surface area contributed by atoms with Gasteiger partial charge in [-0.15, -0.1) is 0 Å². The van der Waals surface area contributed by atoms with Crippen LogP contribution in [0.5, 0.6) is 11.5 Å². The molecule has 1 aliphatic heterocycles. The Balaban J connectivity index is 1.70. The van der Waals surface area contributed by atoms with Gasteiger partial charge in [-0.25, -0.2) is 4.79 Å². The predicted octanol–water partition coefficient (Wildman–Crippen LogP) is 2.89. The number of anilines is 1. The Labute approximate surface area is 193 Å². The minimum absolute atomic E-state index is 0.0499. The second kappa shape index (κ2) is 11.6. The van der Waals surface area contributed by atoms with Crippen molar-refractivity contribution in [3.8, 4) is 17.6 Å². The smallest absolute Gasteiger partial charge is 0.343 e. The third-order valence-corrected chi connectivity index (χ3v) is 5.19. The van der Waals surface area contributed by atoms with E-state index in [2.05, 4.69) is 9.64 Å². The van der Waals surface area contributed by atoms with Crippen LogP contribution >= 0.6 is 0 Å². The molecule has 0 aromatic heterocycles. The molecule has 1 fully saturated rings. The lowest BCUT2D eigenvalue weighted by Gasteiger charge is -2.36. The number of amides is 1. The average Bonchev–Trinajstić information content (AvgIpc) is 2.87. The molecule has 2 aromatic carbocycles. The number of nitriles is 1. The Morgan fingerprint density at radius 3 is 2.39 bits per heavy atom. The summed E-state index contributed by atoms with van der Waals surface area (Å²) in [4.78, 5) is 28.3. The van der Waals surface area contributed by atoms with Gasteiger partial charge in [0.05, 0.1) is 13.7 Å². The fourth-order valence-corrected chi connectivity index (χ4v) is 3.48. The standard InChI is InChI=1S/C25H27N3O5/c1-3-32-23-16-19(9-10-22(23)33-18-24(29)31-2)15-20(17-26)25(30)28-13-11-27(12-14-28)21-7-5-4-6-8-21/h4-10,15-16H,3,11-14,18H2,1-2H3/b20-15-. The molecule has 0 atom stereocenters. The Morgan fingerprint density at radius 1 is 1.03 bits per heavy atom. The third kappa shape index (κ3) is 6.26. The molecular formula is C25H27N3O5. The van der Waals surface area contributed by atoms with Crippen molar-refractivity contribution in [3.05, 3.63) is 59.7 Å². The van der Waals surface area contributed by atoms with E-state index in [0.29, 0.717) is 49.8 Å². The first-order valence-corrected chi connectivity index (χ1v) is 10.7. The van der Waals surface area contributed by atoms with Crippen LogP contribution in [-0.2, 0) is 14.3 Å². The molecule has 0 N–H and O–H groups in total. The van der Waals surface area contributed by atoms with Crippen LogP contribution in [0.3, 0.4) is 0 Å². The number of benzene rings is 2. The molecular weight excluding hydrogens is 422 g/mol. The number of ether oxygens (including phenoxy) is 3. The average molecular weight is 450 g/mol. The van der Waals surface area contributed by atoms with Gasteiger partial charge in [-0.3, -0.25) is 4.79 Å². The highest BCUT2D eigenvalue weighted by Gasteiger charge is 2.24. The number of carbonyl (C=O) groups excluding carboxylic acids is 2. The van der Waals surface area contributed by atoms with Crippen LogP contribution in [0.15, 0.2) is 54.1 Å². The van der Waals surface area contributed by atoms with Crippen molar-refractivity contribution in [3.63, 3.8) is 0 Å². The summed E-state index contributed by atoms with van der Waals surface area (Å²) < 4.78 is 15.6. The van der Waals surface area contributed by atoms with Crippen LogP contribution in [0, 0.1) is 11.3 Å². The van der Waals surface area contributed by atoms with Crippen molar-refractivity contribution in [2.45, 2.75) is 6.92 Å². The van der Waals surface area contributed by atoms with Crippen molar-refractivity contribution in [1.29, 1.82) is 5.26 Å². The lowest BCUT2D eigenvalue weighted by atomic mass is 10.1. The largest absolute Gasteiger partial charge is 0.490 e. The molecule has 8 heteroatoms. The van der Waals surface area contributed by atoms with Gasteiger partial charge < -0.3 is 24.0 Å². The van der Waals surface area contributed by atoms with E-state index in [1.165, 1.54) is 7.11 Å². The molecule has 1 aliphatic rings. The van der Waals surface area contributed by atoms with E-state index in [1.54, 1.807) is 29.2 Å². The monoisotopic (exact) mass is 449 g/mol. The van der Waals surface area contributed by atoms with Gasteiger partial charge in [0, 0.05) is 31.9 Å². The predicted molar refractivity (Wildman–Crippen MR) is 124 cm³/mol. The molecule has 8 nitrogen and oxygen atoms in total. The van der Waals surface area contributed by atoms with E-state index in [4.69, 9.17) is 9.47 Å². The third-order valence-electron chi connectivity index (χ3n) is 5.19. The minimum Gasteiger partial charge on any atom is -0.490 e. The summed E-state index contributed by atoms with van der Waals surface area (Å²) in [5.41, 5.74) is 1.80. The maximum Gasteiger partial charge on any atom is 0.343 e. The van der Waals surface area contributed by atoms with Crippen molar-refractivity contribution in [2.24, 2.45) is 0 Å². The summed E-state index contributed by atoms with van der Waals surface area (Å²) in [6.45, 7) is 4.45. The zero-order chi connectivity index (χ0) is 23.6. The highest BCUT2D eigenvalue weighted by molar-refractivity contribution is 6.01. The molecule has 1 saturated heterocycles. The lowest BCUT2D eigenvalue weighted by Crippen LogP contribution is -2.49. The van der Waals surface area contributed by atoms with Crippen molar-refractivity contribution >= 4 is 23.6 Å². The molecule has 0 aliphatic carbocycles. The highest BCUT2D eigenvalue weighted by Crippen LogP contribution is 2.29. The van der Waals surface area contributed by atoms with Crippen molar-refractivity contribution in [2.75, 3.05) is 51.4 Å². The number of esters is 1. The number of para-hydroxylation sites is 1. The summed E-state index contributed by atoms with van der Waals surface area (Å²) in [7, 11) is 1.28. The molecule has 0 spiro atoms. The molecule has 33 heavy (non-hydrogen) atoms. The number of rotatable bonds is 8. The molecule has 1 heterocycles. The molecule has 0 saturated carbocycles. The number of hydrogen-bond donors (Lipinski definition) is 0. The first-order chi connectivity index (χ1) is 16.0. The summed E-state index contributed by atoms with van der Waals surface area (Å²) in [5, 5.41) is 9.63. The van der Waals surface area contributed by atoms with Crippen LogP contribution in [-0.4, -0.2) is 63.3 Å². The van der Waals surface area contributed by atoms with Crippen LogP contribution in [0.25, 0.3) is 6.08 Å². The minimum atomic E-state index is -0.508. The topological polar surface area (TPSA) is 92.1 Å². The summed E-state index contributed by atoms with van der Waals surface area (Å²) in [6.07, 6.45) is 1.54. The fraction of sp³-hybridized carbons (Fsp3) is 0.320. The van der Waals surface area contributed by atoms with Gasteiger partial charge in [-0.05, 0) is 42.8 Å². The maximum atomic E-state index is 13.0. The molecule has 172 valence electrons. The second-order valence-electron chi connectivity index (χ2n) is 7.29. The molecule has 3 rings (SSSR count). The van der Waals surface area contributed by atoms with E-state index >= 15 is 0 Å². The van der Waals surface area contributed by atoms with E-state index in [0.717, 1.165) is 5.69 Å². The Bertz CT molecular complexity index is 1040. The Hall–Kier alpha value is -3.99. The fourth-order valence-electron chi connectivity index (χ4n) is 3.48. The maximum absolute atomic E-state index is 13.0. The number of nitrogens with zero attached hydrogens (tertiary/aromatic N) is 3. The molecule has 0 unspecified atom stereocenters. The van der Waals surface area contributed by atoms with Crippen molar-refractivity contribution < 1.29 is 23.8 Å². The van der Waals surface area contributed by atoms with Crippen LogP contribution in [0.4, 0.5) is 5.69 Å². The molecule has 0 bridgehead atoms. The first kappa shape index (κ1) is 23.7. The Morgan fingerprint density at radius 2 is 1.76 bits per heavy atom. The van der Waals surface area contributed by atoms with Gasteiger partial charge in [0.2, 0.25) is 0 Å². The van der Waals surface area contributed by atoms with Gasteiger partial charge >= 0.3 is 5.97 Å². The lowest BCUT2D eigenvalue weighted by molar-refractivity contribution is -0.143. The zero-order valence-corrected chi connectivity index (χ0v) is 18.8. The second-order valence-corrected chi connectivity index (χ2v) is 7.29. The van der Waals surface area contributed by atoms with Crippen LogP contribution in [0.1, 0.15) is 12.5 Å². The molecule has 0 radical (unpaired) electrons. The normalized spacial score (nSPS) is 13.8. The van der Waals surface area contributed by atoms with Crippen LogP contribution in [0.2, 0.25) is 0 Å². The summed E-state index contributed by atoms with van der Waals surface area (Å²) in [5.74, 6) is -0.0158. The quantitative estimate of drug-likeness (QED) is 0.348. The first-order valence-electron chi connectivity index (χ1n) is 10.7. The summed E-state index contributed by atoms with van der Waals surface area (Å²) in [6, 6.07) is 17.1. The number of hydrogen-bond acceptors (Lipinski definition) is 7. The SMILES string of the molecule is CCOc1cc(/C=C(/C#N)C(=O)N2CCN(c3ccccc3)CC2)ccc1OCC(=O)OC.